The molecule has 0 aromatic rings. The number of aliphatic hydroxyl groups excluding tert-OH is 2. The third kappa shape index (κ3) is 3.17. The van der Waals surface area contributed by atoms with Crippen LogP contribution in [0.1, 0.15) is 25.7 Å². The zero-order valence-corrected chi connectivity index (χ0v) is 12.6. The topological polar surface area (TPSA) is 118 Å². The Morgan fingerprint density at radius 2 is 2.30 bits per heavy atom. The molecule has 8 nitrogen and oxygen atoms in total. The SMILES string of the molecule is N#CCCCC1=CC2=CN(C3CC(O)C(CO)O3)C(=O)NC2N1. The van der Waals surface area contributed by atoms with E-state index >= 15 is 0 Å². The van der Waals surface area contributed by atoms with Gasteiger partial charge in [-0.1, -0.05) is 0 Å². The number of amides is 2. The van der Waals surface area contributed by atoms with Gasteiger partial charge in [-0.3, -0.25) is 4.90 Å². The predicted molar refractivity (Wildman–Crippen MR) is 79.3 cm³/mol. The maximum Gasteiger partial charge on any atom is 0.325 e. The fraction of sp³-hybridized carbons (Fsp3) is 0.600. The number of rotatable bonds is 5. The highest BCUT2D eigenvalue weighted by Gasteiger charge is 2.41. The van der Waals surface area contributed by atoms with Crippen molar-refractivity contribution < 1.29 is 19.7 Å². The van der Waals surface area contributed by atoms with Crippen LogP contribution in [0.15, 0.2) is 23.5 Å². The van der Waals surface area contributed by atoms with Crippen molar-refractivity contribution in [2.24, 2.45) is 0 Å². The van der Waals surface area contributed by atoms with Crippen LogP contribution in [-0.2, 0) is 4.74 Å². The Morgan fingerprint density at radius 3 is 3.00 bits per heavy atom. The smallest absolute Gasteiger partial charge is 0.325 e. The van der Waals surface area contributed by atoms with Crippen LogP contribution in [0.25, 0.3) is 0 Å². The van der Waals surface area contributed by atoms with Gasteiger partial charge in [0.25, 0.3) is 0 Å². The second-order valence-electron chi connectivity index (χ2n) is 5.86. The number of hydrogen-bond donors (Lipinski definition) is 4. The zero-order valence-electron chi connectivity index (χ0n) is 12.6. The number of nitrogens with zero attached hydrogens (tertiary/aromatic N) is 2. The van der Waals surface area contributed by atoms with Gasteiger partial charge in [-0.15, -0.1) is 0 Å². The van der Waals surface area contributed by atoms with Gasteiger partial charge < -0.3 is 25.6 Å². The summed E-state index contributed by atoms with van der Waals surface area (Å²) in [7, 11) is 0. The summed E-state index contributed by atoms with van der Waals surface area (Å²) < 4.78 is 5.53. The number of nitriles is 1. The van der Waals surface area contributed by atoms with Crippen molar-refractivity contribution in [2.45, 2.75) is 50.3 Å². The minimum Gasteiger partial charge on any atom is -0.394 e. The molecule has 3 aliphatic rings. The quantitative estimate of drug-likeness (QED) is 0.524. The van der Waals surface area contributed by atoms with Gasteiger partial charge in [-0.2, -0.15) is 5.26 Å². The van der Waals surface area contributed by atoms with Crippen LogP contribution in [0, 0.1) is 11.3 Å². The van der Waals surface area contributed by atoms with Gasteiger partial charge in [0.2, 0.25) is 0 Å². The molecule has 3 aliphatic heterocycles. The molecule has 124 valence electrons. The second-order valence-corrected chi connectivity index (χ2v) is 5.86. The number of urea groups is 1. The highest BCUT2D eigenvalue weighted by molar-refractivity contribution is 5.78. The van der Waals surface area contributed by atoms with Crippen LogP contribution in [-0.4, -0.2) is 52.4 Å². The Morgan fingerprint density at radius 1 is 1.48 bits per heavy atom. The molecule has 0 spiro atoms. The van der Waals surface area contributed by atoms with E-state index in [1.54, 1.807) is 6.20 Å². The number of nitrogens with one attached hydrogen (secondary N) is 2. The van der Waals surface area contributed by atoms with E-state index in [2.05, 4.69) is 16.7 Å². The highest BCUT2D eigenvalue weighted by atomic mass is 16.5. The zero-order chi connectivity index (χ0) is 16.4. The number of carbonyl (C=O) groups excluding carboxylic acids is 1. The summed E-state index contributed by atoms with van der Waals surface area (Å²) in [5, 5.41) is 33.6. The molecule has 0 bridgehead atoms. The summed E-state index contributed by atoms with van der Waals surface area (Å²) in [5.41, 5.74) is 1.89. The molecular formula is C15H20N4O4. The fourth-order valence-corrected chi connectivity index (χ4v) is 3.01. The van der Waals surface area contributed by atoms with Crippen molar-refractivity contribution in [3.05, 3.63) is 23.5 Å². The maximum atomic E-state index is 12.2. The largest absolute Gasteiger partial charge is 0.394 e. The van der Waals surface area contributed by atoms with Crippen LogP contribution < -0.4 is 10.6 Å². The summed E-state index contributed by atoms with van der Waals surface area (Å²) >= 11 is 0. The molecule has 8 heteroatoms. The van der Waals surface area contributed by atoms with Gasteiger partial charge in [0, 0.05) is 30.3 Å². The van der Waals surface area contributed by atoms with Crippen LogP contribution in [0.3, 0.4) is 0 Å². The number of hydrogen-bond acceptors (Lipinski definition) is 6. The van der Waals surface area contributed by atoms with Gasteiger partial charge in [0.15, 0.2) is 0 Å². The molecule has 0 aliphatic carbocycles. The lowest BCUT2D eigenvalue weighted by Gasteiger charge is -2.32. The first kappa shape index (κ1) is 15.8. The Balaban J connectivity index is 1.69. The Labute approximate surface area is 134 Å². The van der Waals surface area contributed by atoms with E-state index < -0.39 is 18.4 Å². The average molecular weight is 320 g/mol. The predicted octanol–water partition coefficient (Wildman–Crippen LogP) is -0.129. The van der Waals surface area contributed by atoms with E-state index in [1.165, 1.54) is 4.90 Å². The summed E-state index contributed by atoms with van der Waals surface area (Å²) in [6.45, 7) is -0.281. The number of fused-ring (bicyclic) bond motifs is 1. The normalized spacial score (nSPS) is 32.6. The Kier molecular flexibility index (Phi) is 4.52. The molecule has 23 heavy (non-hydrogen) atoms. The number of aliphatic hydroxyl groups is 2. The van der Waals surface area contributed by atoms with Gasteiger partial charge in [0.1, 0.15) is 18.5 Å². The van der Waals surface area contributed by atoms with E-state index in [9.17, 15) is 9.90 Å². The van der Waals surface area contributed by atoms with Crippen molar-refractivity contribution in [1.29, 1.82) is 5.26 Å². The molecule has 3 heterocycles. The first-order chi connectivity index (χ1) is 11.1. The molecule has 3 rings (SSSR count). The van der Waals surface area contributed by atoms with Crippen LogP contribution in [0.5, 0.6) is 0 Å². The van der Waals surface area contributed by atoms with Gasteiger partial charge in [-0.05, 0) is 18.9 Å². The first-order valence-electron chi connectivity index (χ1n) is 7.71. The Hall–Kier alpha value is -2.08. The lowest BCUT2D eigenvalue weighted by Crippen LogP contribution is -2.54. The molecule has 0 radical (unpaired) electrons. The number of unbranched alkanes of at least 4 members (excludes halogenated alkanes) is 1. The first-order valence-corrected chi connectivity index (χ1v) is 7.71. The van der Waals surface area contributed by atoms with Gasteiger partial charge in [-0.25, -0.2) is 4.79 Å². The number of ether oxygens (including phenoxy) is 1. The van der Waals surface area contributed by atoms with Crippen LogP contribution >= 0.6 is 0 Å². The monoisotopic (exact) mass is 320 g/mol. The van der Waals surface area contributed by atoms with Crippen molar-refractivity contribution in [3.8, 4) is 6.07 Å². The fourth-order valence-electron chi connectivity index (χ4n) is 3.01. The Bertz CT molecular complexity index is 583. The van der Waals surface area contributed by atoms with Crippen LogP contribution in [0.4, 0.5) is 4.79 Å². The standard InChI is InChI=1S/C15H20N4O4/c16-4-2-1-3-10-5-9-7-19(15(22)18-14(9)17-10)13-6-11(21)12(8-20)23-13/h5,7,11-14,17,20-21H,1-3,6,8H2,(H,18,22). The third-order valence-corrected chi connectivity index (χ3v) is 4.22. The van der Waals surface area contributed by atoms with E-state index in [0.717, 1.165) is 24.1 Å². The van der Waals surface area contributed by atoms with E-state index in [0.29, 0.717) is 6.42 Å². The van der Waals surface area contributed by atoms with Crippen molar-refractivity contribution >= 4 is 6.03 Å². The number of carbonyl (C=O) groups is 1. The molecule has 2 amide bonds. The van der Waals surface area contributed by atoms with Gasteiger partial charge in [0.05, 0.1) is 18.8 Å². The summed E-state index contributed by atoms with van der Waals surface area (Å²) in [6, 6.07) is 1.80. The van der Waals surface area contributed by atoms with E-state index in [1.807, 2.05) is 6.08 Å². The molecular weight excluding hydrogens is 300 g/mol. The van der Waals surface area contributed by atoms with E-state index in [-0.39, 0.29) is 25.2 Å². The molecule has 4 N–H and O–H groups in total. The lowest BCUT2D eigenvalue weighted by atomic mass is 10.1. The summed E-state index contributed by atoms with van der Waals surface area (Å²) in [5.74, 6) is 0. The molecule has 4 atom stereocenters. The highest BCUT2D eigenvalue weighted by Crippen LogP contribution is 2.28. The van der Waals surface area contributed by atoms with Crippen molar-refractivity contribution in [1.82, 2.24) is 15.5 Å². The molecule has 1 fully saturated rings. The summed E-state index contributed by atoms with van der Waals surface area (Å²) in [4.78, 5) is 13.7. The van der Waals surface area contributed by atoms with Crippen molar-refractivity contribution in [3.63, 3.8) is 0 Å². The maximum absolute atomic E-state index is 12.2. The van der Waals surface area contributed by atoms with Gasteiger partial charge >= 0.3 is 6.03 Å². The molecule has 0 aromatic carbocycles. The molecule has 0 saturated carbocycles. The average Bonchev–Trinajstić information content (AvgIpc) is 3.09. The third-order valence-electron chi connectivity index (χ3n) is 4.22. The molecule has 4 unspecified atom stereocenters. The van der Waals surface area contributed by atoms with Crippen molar-refractivity contribution in [2.75, 3.05) is 6.61 Å². The second kappa shape index (κ2) is 6.58. The number of allylic oxidation sites excluding steroid dienone is 1. The minimum atomic E-state index is -0.785. The minimum absolute atomic E-state index is 0.263. The van der Waals surface area contributed by atoms with Crippen LogP contribution in [0.2, 0.25) is 0 Å². The van der Waals surface area contributed by atoms with E-state index in [4.69, 9.17) is 15.1 Å². The lowest BCUT2D eigenvalue weighted by molar-refractivity contribution is -0.0544. The summed E-state index contributed by atoms with van der Waals surface area (Å²) in [6.07, 6.45) is 3.65. The molecule has 1 saturated heterocycles. The molecule has 0 aromatic heterocycles.